The standard InChI is InChI=1S/C23H28Cl2N6O4/c1-14(16-6-5-15(24)12-17(16)25)27-20-19(35-2)13-26-22(28-20)30-10-8-29(9-11-30)21(32)18-4-3-7-31(18)23(33)34/h5-6,12-14,18H,3-4,7-11H2,1-2H3,(H,33,34)(H,26,27,28)/t14-,18-/m1/s1. The minimum absolute atomic E-state index is 0.128. The summed E-state index contributed by atoms with van der Waals surface area (Å²) < 4.78 is 5.44. The van der Waals surface area contributed by atoms with E-state index in [1.54, 1.807) is 30.3 Å². The molecule has 0 saturated carbocycles. The number of nitrogens with one attached hydrogen (secondary N) is 1. The zero-order valence-electron chi connectivity index (χ0n) is 19.6. The number of ether oxygens (including phenoxy) is 1. The number of aromatic nitrogens is 2. The number of methoxy groups -OCH3 is 1. The van der Waals surface area contributed by atoms with Crippen molar-refractivity contribution in [1.29, 1.82) is 0 Å². The van der Waals surface area contributed by atoms with E-state index in [0.717, 1.165) is 5.56 Å². The van der Waals surface area contributed by atoms with Crippen molar-refractivity contribution in [2.45, 2.75) is 31.8 Å². The summed E-state index contributed by atoms with van der Waals surface area (Å²) in [5.41, 5.74) is 0.868. The largest absolute Gasteiger partial charge is 0.491 e. The van der Waals surface area contributed by atoms with Crippen molar-refractivity contribution < 1.29 is 19.4 Å². The Balaban J connectivity index is 1.43. The topological polar surface area (TPSA) is 111 Å². The number of rotatable bonds is 6. The molecule has 0 radical (unpaired) electrons. The van der Waals surface area contributed by atoms with Gasteiger partial charge in [-0.3, -0.25) is 9.69 Å². The van der Waals surface area contributed by atoms with Crippen molar-refractivity contribution >= 4 is 47.0 Å². The number of hydrogen-bond acceptors (Lipinski definition) is 7. The average Bonchev–Trinajstić information content (AvgIpc) is 3.34. The molecule has 4 rings (SSSR count). The van der Waals surface area contributed by atoms with Crippen LogP contribution in [0.25, 0.3) is 0 Å². The molecule has 0 spiro atoms. The van der Waals surface area contributed by atoms with Gasteiger partial charge in [-0.1, -0.05) is 29.3 Å². The maximum absolute atomic E-state index is 12.9. The zero-order chi connectivity index (χ0) is 25.1. The molecule has 2 fully saturated rings. The number of halogens is 2. The summed E-state index contributed by atoms with van der Waals surface area (Å²) in [6, 6.07) is 4.58. The van der Waals surface area contributed by atoms with E-state index < -0.39 is 12.1 Å². The maximum Gasteiger partial charge on any atom is 0.407 e. The van der Waals surface area contributed by atoms with E-state index in [0.29, 0.717) is 73.1 Å². The van der Waals surface area contributed by atoms with Gasteiger partial charge in [0.25, 0.3) is 0 Å². The Morgan fingerprint density at radius 3 is 2.60 bits per heavy atom. The highest BCUT2D eigenvalue weighted by Crippen LogP contribution is 2.32. The third kappa shape index (κ3) is 5.48. The smallest absolute Gasteiger partial charge is 0.407 e. The molecule has 35 heavy (non-hydrogen) atoms. The van der Waals surface area contributed by atoms with Gasteiger partial charge < -0.3 is 25.0 Å². The van der Waals surface area contributed by atoms with Crippen molar-refractivity contribution in [2.75, 3.05) is 50.1 Å². The van der Waals surface area contributed by atoms with E-state index in [1.165, 1.54) is 4.90 Å². The van der Waals surface area contributed by atoms with Gasteiger partial charge in [0.1, 0.15) is 6.04 Å². The minimum Gasteiger partial charge on any atom is -0.491 e. The highest BCUT2D eigenvalue weighted by Gasteiger charge is 2.37. The van der Waals surface area contributed by atoms with Crippen LogP contribution >= 0.6 is 23.2 Å². The first kappa shape index (κ1) is 25.1. The second-order valence-electron chi connectivity index (χ2n) is 8.57. The summed E-state index contributed by atoms with van der Waals surface area (Å²) >= 11 is 12.4. The third-order valence-electron chi connectivity index (χ3n) is 6.40. The van der Waals surface area contributed by atoms with Crippen molar-refractivity contribution in [3.63, 3.8) is 0 Å². The highest BCUT2D eigenvalue weighted by atomic mass is 35.5. The van der Waals surface area contributed by atoms with Crippen LogP contribution in [0.3, 0.4) is 0 Å². The van der Waals surface area contributed by atoms with Gasteiger partial charge in [0, 0.05) is 42.8 Å². The van der Waals surface area contributed by atoms with Crippen molar-refractivity contribution in [3.8, 4) is 5.75 Å². The van der Waals surface area contributed by atoms with Crippen LogP contribution in [0.1, 0.15) is 31.4 Å². The Morgan fingerprint density at radius 2 is 1.94 bits per heavy atom. The van der Waals surface area contributed by atoms with Crippen LogP contribution in [0.15, 0.2) is 24.4 Å². The normalized spacial score (nSPS) is 19.0. The number of carbonyl (C=O) groups is 2. The van der Waals surface area contributed by atoms with Crippen LogP contribution in [0.4, 0.5) is 16.6 Å². The maximum atomic E-state index is 12.9. The van der Waals surface area contributed by atoms with Gasteiger partial charge in [0.05, 0.1) is 19.3 Å². The molecule has 2 aliphatic rings. The SMILES string of the molecule is COc1cnc(N2CCN(C(=O)[C@H]3CCCN3C(=O)O)CC2)nc1N[C@H](C)c1ccc(Cl)cc1Cl. The van der Waals surface area contributed by atoms with Crippen LogP contribution in [-0.4, -0.2) is 82.8 Å². The van der Waals surface area contributed by atoms with Crippen molar-refractivity contribution in [2.24, 2.45) is 0 Å². The fraction of sp³-hybridized carbons (Fsp3) is 0.478. The summed E-state index contributed by atoms with van der Waals surface area (Å²) in [7, 11) is 1.55. The van der Waals surface area contributed by atoms with Gasteiger partial charge in [0.2, 0.25) is 11.9 Å². The fourth-order valence-corrected chi connectivity index (χ4v) is 5.06. The molecular weight excluding hydrogens is 495 g/mol. The van der Waals surface area contributed by atoms with Crippen LogP contribution in [0.2, 0.25) is 10.0 Å². The average molecular weight is 523 g/mol. The number of amides is 2. The Labute approximate surface area is 213 Å². The van der Waals surface area contributed by atoms with Gasteiger partial charge >= 0.3 is 6.09 Å². The molecule has 3 heterocycles. The lowest BCUT2D eigenvalue weighted by Crippen LogP contribution is -2.54. The summed E-state index contributed by atoms with van der Waals surface area (Å²) in [4.78, 5) is 38.4. The van der Waals surface area contributed by atoms with E-state index in [1.807, 2.05) is 17.9 Å². The Bertz CT molecular complexity index is 1100. The first-order valence-electron chi connectivity index (χ1n) is 11.4. The van der Waals surface area contributed by atoms with Gasteiger partial charge in [-0.25, -0.2) is 9.78 Å². The Kier molecular flexibility index (Phi) is 7.71. The molecule has 0 aliphatic carbocycles. The van der Waals surface area contributed by atoms with E-state index in [4.69, 9.17) is 27.9 Å². The molecule has 2 saturated heterocycles. The monoisotopic (exact) mass is 522 g/mol. The molecule has 2 amide bonds. The zero-order valence-corrected chi connectivity index (χ0v) is 21.1. The lowest BCUT2D eigenvalue weighted by Gasteiger charge is -2.37. The molecule has 2 atom stereocenters. The number of nitrogens with zero attached hydrogens (tertiary/aromatic N) is 5. The van der Waals surface area contributed by atoms with Gasteiger partial charge in [-0.15, -0.1) is 0 Å². The van der Waals surface area contributed by atoms with Gasteiger partial charge in [-0.05, 0) is 37.5 Å². The minimum atomic E-state index is -1.04. The predicted octanol–water partition coefficient (Wildman–Crippen LogP) is 3.76. The van der Waals surface area contributed by atoms with E-state index >= 15 is 0 Å². The third-order valence-corrected chi connectivity index (χ3v) is 6.96. The molecule has 2 aromatic rings. The molecule has 10 nitrogen and oxygen atoms in total. The Morgan fingerprint density at radius 1 is 1.20 bits per heavy atom. The van der Waals surface area contributed by atoms with Crippen LogP contribution in [0, 0.1) is 0 Å². The fourth-order valence-electron chi connectivity index (χ4n) is 4.49. The van der Waals surface area contributed by atoms with Crippen LogP contribution < -0.4 is 15.0 Å². The number of carbonyl (C=O) groups excluding carboxylic acids is 1. The van der Waals surface area contributed by atoms with E-state index in [-0.39, 0.29) is 11.9 Å². The Hall–Kier alpha value is -2.98. The van der Waals surface area contributed by atoms with E-state index in [2.05, 4.69) is 15.3 Å². The molecule has 1 aromatic heterocycles. The molecule has 12 heteroatoms. The predicted molar refractivity (Wildman–Crippen MR) is 134 cm³/mol. The second kappa shape index (κ2) is 10.7. The lowest BCUT2D eigenvalue weighted by molar-refractivity contribution is -0.135. The summed E-state index contributed by atoms with van der Waals surface area (Å²) in [5.74, 6) is 1.41. The van der Waals surface area contributed by atoms with Crippen LogP contribution in [-0.2, 0) is 4.79 Å². The molecule has 0 bridgehead atoms. The summed E-state index contributed by atoms with van der Waals surface area (Å²) in [5, 5.41) is 13.8. The summed E-state index contributed by atoms with van der Waals surface area (Å²) in [6.45, 7) is 4.38. The second-order valence-corrected chi connectivity index (χ2v) is 9.41. The summed E-state index contributed by atoms with van der Waals surface area (Å²) in [6.07, 6.45) is 1.84. The van der Waals surface area contributed by atoms with E-state index in [9.17, 15) is 14.7 Å². The van der Waals surface area contributed by atoms with Crippen molar-refractivity contribution in [1.82, 2.24) is 19.8 Å². The molecule has 0 unspecified atom stereocenters. The van der Waals surface area contributed by atoms with Gasteiger partial charge in [-0.2, -0.15) is 4.98 Å². The number of anilines is 2. The number of benzene rings is 1. The van der Waals surface area contributed by atoms with Crippen molar-refractivity contribution in [3.05, 3.63) is 40.0 Å². The first-order chi connectivity index (χ1) is 16.8. The number of piperazine rings is 1. The number of carboxylic acid groups (broad SMARTS) is 1. The highest BCUT2D eigenvalue weighted by molar-refractivity contribution is 6.35. The molecule has 188 valence electrons. The van der Waals surface area contributed by atoms with Crippen LogP contribution in [0.5, 0.6) is 5.75 Å². The first-order valence-corrected chi connectivity index (χ1v) is 12.2. The molecular formula is C23H28Cl2N6O4. The number of hydrogen-bond donors (Lipinski definition) is 2. The van der Waals surface area contributed by atoms with Gasteiger partial charge in [0.15, 0.2) is 11.6 Å². The lowest BCUT2D eigenvalue weighted by atomic mass is 10.1. The number of likely N-dealkylation sites (tertiary alicyclic amines) is 1. The molecule has 2 N–H and O–H groups in total. The quantitative estimate of drug-likeness (QED) is 0.589. The molecule has 1 aromatic carbocycles. The molecule has 2 aliphatic heterocycles.